The molecule has 3 rings (SSSR count). The van der Waals surface area contributed by atoms with Crippen molar-refractivity contribution < 1.29 is 17.9 Å². The van der Waals surface area contributed by atoms with Gasteiger partial charge >= 0.3 is 0 Å². The van der Waals surface area contributed by atoms with Gasteiger partial charge in [-0.05, 0) is 49.6 Å². The van der Waals surface area contributed by atoms with Crippen LogP contribution in [0.1, 0.15) is 24.0 Å². The lowest BCUT2D eigenvalue weighted by Crippen LogP contribution is -2.41. The second-order valence-electron chi connectivity index (χ2n) is 6.34. The van der Waals surface area contributed by atoms with Crippen molar-refractivity contribution in [2.45, 2.75) is 36.0 Å². The summed E-state index contributed by atoms with van der Waals surface area (Å²) in [6, 6.07) is 13.9. The molecule has 0 aliphatic heterocycles. The van der Waals surface area contributed by atoms with Gasteiger partial charge in [0.1, 0.15) is 5.75 Å². The van der Waals surface area contributed by atoms with Crippen LogP contribution in [0.2, 0.25) is 0 Å². The molecule has 25 heavy (non-hydrogen) atoms. The largest absolute Gasteiger partial charge is 0.497 e. The highest BCUT2D eigenvalue weighted by Gasteiger charge is 2.61. The van der Waals surface area contributed by atoms with Crippen LogP contribution in [0, 0.1) is 6.92 Å². The smallest absolute Gasteiger partial charge is 0.242 e. The van der Waals surface area contributed by atoms with E-state index < -0.39 is 20.5 Å². The molecule has 0 aromatic heterocycles. The molecular formula is C19H21NO4S. The van der Waals surface area contributed by atoms with Crippen LogP contribution < -0.4 is 10.1 Å². The van der Waals surface area contributed by atoms with Gasteiger partial charge in [0.05, 0.1) is 12.0 Å². The molecule has 0 bridgehead atoms. The van der Waals surface area contributed by atoms with Gasteiger partial charge in [-0.3, -0.25) is 4.79 Å². The van der Waals surface area contributed by atoms with Crippen molar-refractivity contribution in [2.75, 3.05) is 7.11 Å². The Labute approximate surface area is 147 Å². The fourth-order valence-corrected chi connectivity index (χ4v) is 4.66. The minimum Gasteiger partial charge on any atom is -0.497 e. The van der Waals surface area contributed by atoms with Crippen molar-refractivity contribution in [1.29, 1.82) is 0 Å². The van der Waals surface area contributed by atoms with E-state index in [-0.39, 0.29) is 11.4 Å². The average molecular weight is 359 g/mol. The highest BCUT2D eigenvalue weighted by atomic mass is 32.2. The Morgan fingerprint density at radius 3 is 2.20 bits per heavy atom. The summed E-state index contributed by atoms with van der Waals surface area (Å²) >= 11 is 0. The molecule has 6 heteroatoms. The number of nitrogens with one attached hydrogen (secondary N) is 1. The fourth-order valence-electron chi connectivity index (χ4n) is 2.76. The minimum atomic E-state index is -3.69. The van der Waals surface area contributed by atoms with E-state index in [1.165, 1.54) is 0 Å². The van der Waals surface area contributed by atoms with Crippen molar-refractivity contribution in [3.8, 4) is 5.75 Å². The van der Waals surface area contributed by atoms with Crippen LogP contribution in [0.25, 0.3) is 0 Å². The number of carbonyl (C=O) groups is 1. The Hall–Kier alpha value is -2.34. The molecule has 1 N–H and O–H groups in total. The number of hydrogen-bond acceptors (Lipinski definition) is 4. The van der Waals surface area contributed by atoms with E-state index in [0.717, 1.165) is 16.9 Å². The number of benzene rings is 2. The van der Waals surface area contributed by atoms with E-state index in [2.05, 4.69) is 5.32 Å². The molecule has 1 amide bonds. The Morgan fingerprint density at radius 2 is 1.68 bits per heavy atom. The zero-order chi connectivity index (χ0) is 18.1. The van der Waals surface area contributed by atoms with Gasteiger partial charge in [-0.25, -0.2) is 8.42 Å². The SMILES string of the molecule is COc1ccc(CNC(=O)C2(S(=O)(=O)c3ccc(C)cc3)CC2)cc1. The highest BCUT2D eigenvalue weighted by Crippen LogP contribution is 2.47. The second kappa shape index (κ2) is 6.52. The van der Waals surface area contributed by atoms with Crippen molar-refractivity contribution >= 4 is 15.7 Å². The maximum Gasteiger partial charge on any atom is 0.242 e. The third kappa shape index (κ3) is 3.26. The standard InChI is InChI=1S/C19H21NO4S/c1-14-3-9-17(10-4-14)25(22,23)19(11-12-19)18(21)20-13-15-5-7-16(24-2)8-6-15/h3-10H,11-13H2,1-2H3,(H,20,21). The summed E-state index contributed by atoms with van der Waals surface area (Å²) in [6.07, 6.45) is 0.718. The molecule has 5 nitrogen and oxygen atoms in total. The molecule has 0 unspecified atom stereocenters. The summed E-state index contributed by atoms with van der Waals surface area (Å²) in [5.74, 6) is 0.305. The van der Waals surface area contributed by atoms with E-state index in [4.69, 9.17) is 4.74 Å². The first kappa shape index (κ1) is 17.5. The lowest BCUT2D eigenvalue weighted by molar-refractivity contribution is -0.121. The Balaban J connectivity index is 1.73. The van der Waals surface area contributed by atoms with E-state index in [1.807, 2.05) is 19.1 Å². The van der Waals surface area contributed by atoms with Crippen LogP contribution in [0.3, 0.4) is 0 Å². The topological polar surface area (TPSA) is 72.5 Å². The van der Waals surface area contributed by atoms with E-state index in [1.54, 1.807) is 43.5 Å². The number of aryl methyl sites for hydroxylation is 1. The van der Waals surface area contributed by atoms with Crippen molar-refractivity contribution in [2.24, 2.45) is 0 Å². The summed E-state index contributed by atoms with van der Waals surface area (Å²) < 4.78 is 29.5. The summed E-state index contributed by atoms with van der Waals surface area (Å²) in [5.41, 5.74) is 1.87. The normalized spacial score (nSPS) is 15.4. The number of methoxy groups -OCH3 is 1. The molecular weight excluding hydrogens is 338 g/mol. The average Bonchev–Trinajstić information content (AvgIpc) is 3.43. The lowest BCUT2D eigenvalue weighted by atomic mass is 10.2. The third-order valence-corrected chi connectivity index (χ3v) is 7.09. The van der Waals surface area contributed by atoms with E-state index >= 15 is 0 Å². The first-order valence-electron chi connectivity index (χ1n) is 8.12. The number of rotatable bonds is 6. The lowest BCUT2D eigenvalue weighted by Gasteiger charge is -2.16. The number of sulfone groups is 1. The van der Waals surface area contributed by atoms with Crippen LogP contribution in [-0.2, 0) is 21.2 Å². The Morgan fingerprint density at radius 1 is 1.08 bits per heavy atom. The Kier molecular flexibility index (Phi) is 4.56. The molecule has 2 aromatic rings. The van der Waals surface area contributed by atoms with Crippen molar-refractivity contribution in [3.05, 3.63) is 59.7 Å². The molecule has 0 spiro atoms. The van der Waals surface area contributed by atoms with Crippen LogP contribution in [0.15, 0.2) is 53.4 Å². The molecule has 1 saturated carbocycles. The van der Waals surface area contributed by atoms with Crippen LogP contribution in [0.5, 0.6) is 5.75 Å². The molecule has 0 radical (unpaired) electrons. The van der Waals surface area contributed by atoms with Gasteiger partial charge in [-0.1, -0.05) is 29.8 Å². The maximum absolute atomic E-state index is 12.9. The molecule has 1 aliphatic rings. The zero-order valence-corrected chi connectivity index (χ0v) is 15.1. The number of ether oxygens (including phenoxy) is 1. The predicted octanol–water partition coefficient (Wildman–Crippen LogP) is 2.63. The van der Waals surface area contributed by atoms with Gasteiger partial charge in [-0.15, -0.1) is 0 Å². The minimum absolute atomic E-state index is 0.204. The maximum atomic E-state index is 12.9. The molecule has 1 aliphatic carbocycles. The predicted molar refractivity (Wildman–Crippen MR) is 95.2 cm³/mol. The van der Waals surface area contributed by atoms with Gasteiger partial charge in [0.25, 0.3) is 0 Å². The second-order valence-corrected chi connectivity index (χ2v) is 8.60. The molecule has 1 fully saturated rings. The van der Waals surface area contributed by atoms with Gasteiger partial charge in [-0.2, -0.15) is 0 Å². The number of amides is 1. The number of carbonyl (C=O) groups excluding carboxylic acids is 1. The highest BCUT2D eigenvalue weighted by molar-refractivity contribution is 7.94. The molecule has 2 aromatic carbocycles. The Bertz CT molecular complexity index is 867. The monoisotopic (exact) mass is 359 g/mol. The van der Waals surface area contributed by atoms with Gasteiger partial charge < -0.3 is 10.1 Å². The van der Waals surface area contributed by atoms with E-state index in [0.29, 0.717) is 12.8 Å². The first-order chi connectivity index (χ1) is 11.9. The summed E-state index contributed by atoms with van der Waals surface area (Å²) in [5, 5.41) is 2.77. The molecule has 132 valence electrons. The van der Waals surface area contributed by atoms with Crippen LogP contribution >= 0.6 is 0 Å². The van der Waals surface area contributed by atoms with Crippen LogP contribution in [-0.4, -0.2) is 26.2 Å². The van der Waals surface area contributed by atoms with Gasteiger partial charge in [0.15, 0.2) is 14.6 Å². The first-order valence-corrected chi connectivity index (χ1v) is 9.60. The number of hydrogen-bond donors (Lipinski definition) is 1. The summed E-state index contributed by atoms with van der Waals surface area (Å²) in [7, 11) is -2.10. The van der Waals surface area contributed by atoms with Crippen LogP contribution in [0.4, 0.5) is 0 Å². The quantitative estimate of drug-likeness (QED) is 0.861. The van der Waals surface area contributed by atoms with Crippen molar-refractivity contribution in [3.63, 3.8) is 0 Å². The summed E-state index contributed by atoms with van der Waals surface area (Å²) in [6.45, 7) is 2.18. The van der Waals surface area contributed by atoms with Crippen molar-refractivity contribution in [1.82, 2.24) is 5.32 Å². The van der Waals surface area contributed by atoms with Gasteiger partial charge in [0.2, 0.25) is 5.91 Å². The molecule has 0 heterocycles. The fraction of sp³-hybridized carbons (Fsp3) is 0.316. The zero-order valence-electron chi connectivity index (χ0n) is 14.3. The van der Waals surface area contributed by atoms with E-state index in [9.17, 15) is 13.2 Å². The summed E-state index contributed by atoms with van der Waals surface area (Å²) in [4.78, 5) is 12.8. The molecule has 0 atom stereocenters. The van der Waals surface area contributed by atoms with Gasteiger partial charge in [0, 0.05) is 6.54 Å². The molecule has 0 saturated heterocycles. The third-order valence-electron chi connectivity index (χ3n) is 4.58.